The Kier molecular flexibility index (Phi) is 6.13. The number of aromatic nitrogens is 1. The third-order valence-corrected chi connectivity index (χ3v) is 4.81. The van der Waals surface area contributed by atoms with Crippen LogP contribution in [0.1, 0.15) is 17.3 Å². The third-order valence-electron chi connectivity index (χ3n) is 4.81. The largest absolute Gasteiger partial charge is 0.497 e. The van der Waals surface area contributed by atoms with Gasteiger partial charge in [0.05, 0.1) is 19.9 Å². The second-order valence-corrected chi connectivity index (χ2v) is 6.34. The number of methoxy groups -OCH3 is 2. The summed E-state index contributed by atoms with van der Waals surface area (Å²) >= 11 is 0. The summed E-state index contributed by atoms with van der Waals surface area (Å²) in [5.74, 6) is 1.85. The van der Waals surface area contributed by atoms with Gasteiger partial charge in [-0.2, -0.15) is 0 Å². The molecule has 3 rings (SSSR count). The Labute approximate surface area is 159 Å². The van der Waals surface area contributed by atoms with Crippen molar-refractivity contribution < 1.29 is 14.3 Å². The van der Waals surface area contributed by atoms with Crippen LogP contribution in [-0.2, 0) is 0 Å². The van der Waals surface area contributed by atoms with Crippen LogP contribution >= 0.6 is 0 Å². The molecule has 27 heavy (non-hydrogen) atoms. The molecule has 2 heterocycles. The Hall–Kier alpha value is -2.80. The molecule has 1 aromatic carbocycles. The highest BCUT2D eigenvalue weighted by molar-refractivity contribution is 6.05. The summed E-state index contributed by atoms with van der Waals surface area (Å²) < 4.78 is 10.5. The summed E-state index contributed by atoms with van der Waals surface area (Å²) in [4.78, 5) is 21.8. The van der Waals surface area contributed by atoms with E-state index < -0.39 is 0 Å². The van der Waals surface area contributed by atoms with Crippen LogP contribution in [0, 0.1) is 0 Å². The number of piperazine rings is 1. The predicted molar refractivity (Wildman–Crippen MR) is 106 cm³/mol. The van der Waals surface area contributed by atoms with Crippen molar-refractivity contribution in [3.63, 3.8) is 0 Å². The number of benzene rings is 1. The van der Waals surface area contributed by atoms with E-state index in [2.05, 4.69) is 27.0 Å². The Morgan fingerprint density at radius 3 is 2.56 bits per heavy atom. The van der Waals surface area contributed by atoms with Crippen LogP contribution in [0.5, 0.6) is 11.5 Å². The first kappa shape index (κ1) is 19.0. The number of amides is 1. The van der Waals surface area contributed by atoms with E-state index in [-0.39, 0.29) is 5.91 Å². The van der Waals surface area contributed by atoms with Gasteiger partial charge >= 0.3 is 0 Å². The van der Waals surface area contributed by atoms with Gasteiger partial charge in [0.15, 0.2) is 0 Å². The number of pyridine rings is 1. The Morgan fingerprint density at radius 1 is 1.11 bits per heavy atom. The molecule has 7 nitrogen and oxygen atoms in total. The molecule has 7 heteroatoms. The Bertz CT molecular complexity index is 789. The Balaban J connectivity index is 1.72. The first-order valence-corrected chi connectivity index (χ1v) is 9.11. The molecule has 0 radical (unpaired) electrons. The molecule has 1 saturated heterocycles. The maximum atomic E-state index is 12.7. The van der Waals surface area contributed by atoms with Crippen molar-refractivity contribution in [1.29, 1.82) is 0 Å². The molecular weight excluding hydrogens is 344 g/mol. The van der Waals surface area contributed by atoms with E-state index in [1.807, 2.05) is 6.07 Å². The summed E-state index contributed by atoms with van der Waals surface area (Å²) in [7, 11) is 3.15. The maximum absolute atomic E-state index is 12.7. The molecule has 1 aliphatic rings. The Morgan fingerprint density at radius 2 is 1.89 bits per heavy atom. The number of hydrogen-bond donors (Lipinski definition) is 1. The van der Waals surface area contributed by atoms with Crippen molar-refractivity contribution in [2.24, 2.45) is 0 Å². The molecule has 0 spiro atoms. The SMILES string of the molecule is CCN1CCN(c2cc(C(=O)Nc3ccc(OC)cc3OC)ccn2)CC1. The van der Waals surface area contributed by atoms with Crippen molar-refractivity contribution in [3.8, 4) is 11.5 Å². The molecule has 1 amide bonds. The molecule has 1 N–H and O–H groups in total. The summed E-state index contributed by atoms with van der Waals surface area (Å²) in [5.41, 5.74) is 1.16. The smallest absolute Gasteiger partial charge is 0.255 e. The second kappa shape index (κ2) is 8.73. The van der Waals surface area contributed by atoms with Crippen molar-refractivity contribution in [2.75, 3.05) is 57.2 Å². The van der Waals surface area contributed by atoms with E-state index >= 15 is 0 Å². The zero-order chi connectivity index (χ0) is 19.2. The second-order valence-electron chi connectivity index (χ2n) is 6.34. The maximum Gasteiger partial charge on any atom is 0.255 e. The first-order valence-electron chi connectivity index (χ1n) is 9.11. The number of ether oxygens (including phenoxy) is 2. The molecule has 144 valence electrons. The van der Waals surface area contributed by atoms with Gasteiger partial charge in [-0.05, 0) is 30.8 Å². The lowest BCUT2D eigenvalue weighted by atomic mass is 10.2. The minimum Gasteiger partial charge on any atom is -0.497 e. The zero-order valence-electron chi connectivity index (χ0n) is 16.1. The average molecular weight is 370 g/mol. The molecule has 0 aliphatic carbocycles. The lowest BCUT2D eigenvalue weighted by Crippen LogP contribution is -2.46. The van der Waals surface area contributed by atoms with E-state index in [1.54, 1.807) is 44.7 Å². The fourth-order valence-electron chi connectivity index (χ4n) is 3.12. The number of nitrogens with zero attached hydrogens (tertiary/aromatic N) is 3. The van der Waals surface area contributed by atoms with Gasteiger partial charge in [-0.1, -0.05) is 6.92 Å². The summed E-state index contributed by atoms with van der Waals surface area (Å²) in [6, 6.07) is 8.84. The molecule has 1 aromatic heterocycles. The monoisotopic (exact) mass is 370 g/mol. The number of anilines is 2. The van der Waals surface area contributed by atoms with Crippen LogP contribution in [0.3, 0.4) is 0 Å². The highest BCUT2D eigenvalue weighted by Crippen LogP contribution is 2.29. The van der Waals surface area contributed by atoms with Gasteiger partial charge in [-0.15, -0.1) is 0 Å². The molecule has 0 atom stereocenters. The van der Waals surface area contributed by atoms with Gasteiger partial charge < -0.3 is 24.6 Å². The normalized spacial score (nSPS) is 14.7. The summed E-state index contributed by atoms with van der Waals surface area (Å²) in [6.07, 6.45) is 1.68. The highest BCUT2D eigenvalue weighted by Gasteiger charge is 2.18. The van der Waals surface area contributed by atoms with Crippen molar-refractivity contribution in [3.05, 3.63) is 42.1 Å². The van der Waals surface area contributed by atoms with E-state index in [1.165, 1.54) is 0 Å². The van der Waals surface area contributed by atoms with Crippen molar-refractivity contribution in [1.82, 2.24) is 9.88 Å². The minimum absolute atomic E-state index is 0.200. The van der Waals surface area contributed by atoms with E-state index in [4.69, 9.17) is 9.47 Å². The summed E-state index contributed by atoms with van der Waals surface area (Å²) in [6.45, 7) is 7.09. The predicted octanol–water partition coefficient (Wildman–Crippen LogP) is 2.49. The van der Waals surface area contributed by atoms with E-state index in [0.29, 0.717) is 22.7 Å². The van der Waals surface area contributed by atoms with Crippen LogP contribution in [0.2, 0.25) is 0 Å². The van der Waals surface area contributed by atoms with Gasteiger partial charge in [0.25, 0.3) is 5.91 Å². The molecule has 0 bridgehead atoms. The van der Waals surface area contributed by atoms with E-state index in [9.17, 15) is 4.79 Å². The van der Waals surface area contributed by atoms with Gasteiger partial charge in [0, 0.05) is 44.0 Å². The minimum atomic E-state index is -0.200. The fraction of sp³-hybridized carbons (Fsp3) is 0.400. The fourth-order valence-corrected chi connectivity index (χ4v) is 3.12. The van der Waals surface area contributed by atoms with Crippen LogP contribution in [0.25, 0.3) is 0 Å². The summed E-state index contributed by atoms with van der Waals surface area (Å²) in [5, 5.41) is 2.90. The topological polar surface area (TPSA) is 66.9 Å². The molecule has 1 fully saturated rings. The molecule has 1 aliphatic heterocycles. The van der Waals surface area contributed by atoms with Crippen molar-refractivity contribution in [2.45, 2.75) is 6.92 Å². The number of likely N-dealkylation sites (N-methyl/N-ethyl adjacent to an activating group) is 1. The first-order chi connectivity index (χ1) is 13.1. The van der Waals surface area contributed by atoms with Crippen LogP contribution < -0.4 is 19.7 Å². The molecule has 0 unspecified atom stereocenters. The lowest BCUT2D eigenvalue weighted by molar-refractivity contribution is 0.102. The quantitative estimate of drug-likeness (QED) is 0.843. The van der Waals surface area contributed by atoms with E-state index in [0.717, 1.165) is 38.5 Å². The third kappa shape index (κ3) is 4.49. The van der Waals surface area contributed by atoms with Crippen molar-refractivity contribution >= 4 is 17.4 Å². The average Bonchev–Trinajstić information content (AvgIpc) is 2.74. The molecule has 2 aromatic rings. The van der Waals surface area contributed by atoms with Gasteiger partial charge in [-0.25, -0.2) is 4.98 Å². The van der Waals surface area contributed by atoms with Crippen LogP contribution in [-0.4, -0.2) is 62.7 Å². The number of carbonyl (C=O) groups is 1. The standard InChI is InChI=1S/C20H26N4O3/c1-4-23-9-11-24(12-10-23)19-13-15(7-8-21-19)20(25)22-17-6-5-16(26-2)14-18(17)27-3/h5-8,13-14H,4,9-12H2,1-3H3,(H,22,25). The van der Waals surface area contributed by atoms with Gasteiger partial charge in [0.1, 0.15) is 17.3 Å². The number of hydrogen-bond acceptors (Lipinski definition) is 6. The van der Waals surface area contributed by atoms with Gasteiger partial charge in [0.2, 0.25) is 0 Å². The zero-order valence-corrected chi connectivity index (χ0v) is 16.1. The lowest BCUT2D eigenvalue weighted by Gasteiger charge is -2.34. The number of nitrogens with one attached hydrogen (secondary N) is 1. The van der Waals surface area contributed by atoms with Crippen LogP contribution in [0.15, 0.2) is 36.5 Å². The van der Waals surface area contributed by atoms with Gasteiger partial charge in [-0.3, -0.25) is 4.79 Å². The number of carbonyl (C=O) groups excluding carboxylic acids is 1. The number of rotatable bonds is 6. The molecule has 0 saturated carbocycles. The molecular formula is C20H26N4O3. The highest BCUT2D eigenvalue weighted by atomic mass is 16.5. The van der Waals surface area contributed by atoms with Crippen LogP contribution in [0.4, 0.5) is 11.5 Å².